The maximum atomic E-state index is 12.6. The molecule has 2 saturated heterocycles. The summed E-state index contributed by atoms with van der Waals surface area (Å²) in [7, 11) is 0. The lowest BCUT2D eigenvalue weighted by molar-refractivity contribution is -0.137. The predicted octanol–water partition coefficient (Wildman–Crippen LogP) is 2.95. The summed E-state index contributed by atoms with van der Waals surface area (Å²) in [6.45, 7) is 7.69. The number of carbonyl (C=O) groups is 2. The molecule has 2 aliphatic rings. The van der Waals surface area contributed by atoms with E-state index in [-0.39, 0.29) is 24.3 Å². The first kappa shape index (κ1) is 22.4. The number of aryl methyl sites for hydroxylation is 1. The molecule has 0 spiro atoms. The standard InChI is InChI=1S/C26H31N5O3/c1-18-19(2)31(14-20-7-4-3-5-8-20)25-24(18)26(28-17-27-25)34-16-21-10-12-30(13-21)23(33)15-29-11-6-9-22(29)32/h3-5,7-8,17,21H,6,9-16H2,1-2H3. The molecule has 8 heteroatoms. The Morgan fingerprint density at radius 1 is 1.15 bits per heavy atom. The molecular weight excluding hydrogens is 430 g/mol. The number of amides is 2. The summed E-state index contributed by atoms with van der Waals surface area (Å²) in [6, 6.07) is 10.3. The molecule has 8 nitrogen and oxygen atoms in total. The summed E-state index contributed by atoms with van der Waals surface area (Å²) < 4.78 is 8.43. The molecule has 3 aromatic rings. The normalized spacial score (nSPS) is 18.3. The smallest absolute Gasteiger partial charge is 0.242 e. The average molecular weight is 462 g/mol. The van der Waals surface area contributed by atoms with E-state index >= 15 is 0 Å². The lowest BCUT2D eigenvalue weighted by atomic mass is 10.1. The molecule has 2 amide bonds. The Bertz CT molecular complexity index is 1210. The van der Waals surface area contributed by atoms with Crippen LogP contribution in [0.1, 0.15) is 36.1 Å². The van der Waals surface area contributed by atoms with Crippen molar-refractivity contribution in [2.75, 3.05) is 32.8 Å². The maximum absolute atomic E-state index is 12.6. The van der Waals surface area contributed by atoms with Crippen molar-refractivity contribution in [3.05, 3.63) is 53.5 Å². The van der Waals surface area contributed by atoms with E-state index in [0.717, 1.165) is 41.7 Å². The second kappa shape index (κ2) is 9.44. The van der Waals surface area contributed by atoms with Crippen molar-refractivity contribution in [2.45, 2.75) is 39.7 Å². The van der Waals surface area contributed by atoms with Gasteiger partial charge in [-0.05, 0) is 37.8 Å². The molecule has 2 fully saturated rings. The molecule has 2 aromatic heterocycles. The van der Waals surface area contributed by atoms with Gasteiger partial charge in [0.05, 0.1) is 18.5 Å². The van der Waals surface area contributed by atoms with Crippen LogP contribution in [0, 0.1) is 19.8 Å². The molecule has 0 N–H and O–H groups in total. The van der Waals surface area contributed by atoms with Crippen molar-refractivity contribution in [1.82, 2.24) is 24.3 Å². The molecule has 4 heterocycles. The van der Waals surface area contributed by atoms with Crippen LogP contribution in [0.5, 0.6) is 5.88 Å². The largest absolute Gasteiger partial charge is 0.477 e. The van der Waals surface area contributed by atoms with Crippen LogP contribution in [0.2, 0.25) is 0 Å². The molecule has 2 aliphatic heterocycles. The number of likely N-dealkylation sites (tertiary alicyclic amines) is 2. The number of benzene rings is 1. The van der Waals surface area contributed by atoms with Gasteiger partial charge in [0.25, 0.3) is 0 Å². The van der Waals surface area contributed by atoms with Gasteiger partial charge >= 0.3 is 0 Å². The molecule has 0 radical (unpaired) electrons. The summed E-state index contributed by atoms with van der Waals surface area (Å²) in [5.74, 6) is 0.970. The van der Waals surface area contributed by atoms with Crippen molar-refractivity contribution in [3.8, 4) is 5.88 Å². The third-order valence-corrected chi connectivity index (χ3v) is 7.15. The van der Waals surface area contributed by atoms with Crippen molar-refractivity contribution in [3.63, 3.8) is 0 Å². The zero-order valence-electron chi connectivity index (χ0n) is 19.9. The fraction of sp³-hybridized carbons (Fsp3) is 0.462. The lowest BCUT2D eigenvalue weighted by Gasteiger charge is -2.21. The van der Waals surface area contributed by atoms with E-state index in [4.69, 9.17) is 4.74 Å². The van der Waals surface area contributed by atoms with Gasteiger partial charge in [0.2, 0.25) is 17.7 Å². The predicted molar refractivity (Wildman–Crippen MR) is 129 cm³/mol. The van der Waals surface area contributed by atoms with Gasteiger partial charge in [0.15, 0.2) is 0 Å². The minimum atomic E-state index is 0.0339. The molecule has 1 aromatic carbocycles. The highest BCUT2D eigenvalue weighted by Gasteiger charge is 2.30. The van der Waals surface area contributed by atoms with E-state index in [0.29, 0.717) is 38.5 Å². The number of nitrogens with zero attached hydrogens (tertiary/aromatic N) is 5. The third kappa shape index (κ3) is 4.36. The van der Waals surface area contributed by atoms with Crippen molar-refractivity contribution in [1.29, 1.82) is 0 Å². The third-order valence-electron chi connectivity index (χ3n) is 7.15. The Kier molecular flexibility index (Phi) is 6.22. The van der Waals surface area contributed by atoms with E-state index < -0.39 is 0 Å². The SMILES string of the molecule is Cc1c(C)n(Cc2ccccc2)c2ncnc(OCC3CCN(C(=O)CN4CCCC4=O)C3)c12. The number of fused-ring (bicyclic) bond motifs is 1. The van der Waals surface area contributed by atoms with Crippen LogP contribution in [-0.2, 0) is 16.1 Å². The van der Waals surface area contributed by atoms with Crippen LogP contribution in [0.25, 0.3) is 11.0 Å². The van der Waals surface area contributed by atoms with Gasteiger partial charge in [-0.2, -0.15) is 0 Å². The molecule has 1 atom stereocenters. The van der Waals surface area contributed by atoms with Gasteiger partial charge in [-0.3, -0.25) is 9.59 Å². The first-order valence-electron chi connectivity index (χ1n) is 12.0. The number of carbonyl (C=O) groups excluding carboxylic acids is 2. The van der Waals surface area contributed by atoms with Crippen LogP contribution in [0.4, 0.5) is 0 Å². The fourth-order valence-corrected chi connectivity index (χ4v) is 5.03. The molecule has 1 unspecified atom stereocenters. The highest BCUT2D eigenvalue weighted by atomic mass is 16.5. The summed E-state index contributed by atoms with van der Waals surface area (Å²) in [5, 5.41) is 0.953. The Morgan fingerprint density at radius 3 is 2.74 bits per heavy atom. The highest BCUT2D eigenvalue weighted by molar-refractivity contribution is 5.87. The molecule has 0 aliphatic carbocycles. The van der Waals surface area contributed by atoms with Crippen LogP contribution in [0.3, 0.4) is 0 Å². The number of rotatable bonds is 7. The number of hydrogen-bond donors (Lipinski definition) is 0. The quantitative estimate of drug-likeness (QED) is 0.541. The van der Waals surface area contributed by atoms with Crippen LogP contribution in [0.15, 0.2) is 36.7 Å². The van der Waals surface area contributed by atoms with E-state index in [1.54, 1.807) is 11.2 Å². The van der Waals surface area contributed by atoms with Crippen molar-refractivity contribution < 1.29 is 14.3 Å². The number of aromatic nitrogens is 3. The molecular formula is C26H31N5O3. The Hall–Kier alpha value is -3.42. The Labute approximate surface area is 199 Å². The summed E-state index contributed by atoms with van der Waals surface area (Å²) >= 11 is 0. The van der Waals surface area contributed by atoms with Gasteiger partial charge < -0.3 is 19.1 Å². The van der Waals surface area contributed by atoms with E-state index in [9.17, 15) is 9.59 Å². The average Bonchev–Trinajstić information content (AvgIpc) is 3.55. The van der Waals surface area contributed by atoms with Gasteiger partial charge in [-0.1, -0.05) is 30.3 Å². The van der Waals surface area contributed by atoms with Crippen LogP contribution >= 0.6 is 0 Å². The highest BCUT2D eigenvalue weighted by Crippen LogP contribution is 2.31. The maximum Gasteiger partial charge on any atom is 0.242 e. The van der Waals surface area contributed by atoms with Crippen molar-refractivity contribution >= 4 is 22.8 Å². The number of hydrogen-bond acceptors (Lipinski definition) is 5. The minimum absolute atomic E-state index is 0.0339. The van der Waals surface area contributed by atoms with Gasteiger partial charge in [0.1, 0.15) is 12.0 Å². The van der Waals surface area contributed by atoms with Gasteiger partial charge in [-0.25, -0.2) is 9.97 Å². The summed E-state index contributed by atoms with van der Waals surface area (Å²) in [4.78, 5) is 37.0. The summed E-state index contributed by atoms with van der Waals surface area (Å²) in [6.07, 6.45) is 3.86. The first-order chi connectivity index (χ1) is 16.5. The zero-order chi connectivity index (χ0) is 23.7. The van der Waals surface area contributed by atoms with E-state index in [1.165, 1.54) is 5.56 Å². The molecule has 0 bridgehead atoms. The first-order valence-corrected chi connectivity index (χ1v) is 12.0. The molecule has 34 heavy (non-hydrogen) atoms. The van der Waals surface area contributed by atoms with Crippen molar-refractivity contribution in [2.24, 2.45) is 5.92 Å². The fourth-order valence-electron chi connectivity index (χ4n) is 5.03. The Morgan fingerprint density at radius 2 is 1.97 bits per heavy atom. The minimum Gasteiger partial charge on any atom is -0.477 e. The molecule has 0 saturated carbocycles. The monoisotopic (exact) mass is 461 g/mol. The van der Waals surface area contributed by atoms with E-state index in [2.05, 4.69) is 40.5 Å². The zero-order valence-corrected chi connectivity index (χ0v) is 19.9. The van der Waals surface area contributed by atoms with Crippen LogP contribution in [-0.4, -0.2) is 68.9 Å². The van der Waals surface area contributed by atoms with E-state index in [1.807, 2.05) is 23.1 Å². The number of ether oxygens (including phenoxy) is 1. The van der Waals surface area contributed by atoms with Gasteiger partial charge in [-0.15, -0.1) is 0 Å². The lowest BCUT2D eigenvalue weighted by Crippen LogP contribution is -2.40. The topological polar surface area (TPSA) is 80.6 Å². The summed E-state index contributed by atoms with van der Waals surface area (Å²) in [5.41, 5.74) is 4.37. The molecule has 178 valence electrons. The van der Waals surface area contributed by atoms with Gasteiger partial charge in [0, 0.05) is 44.2 Å². The molecule has 5 rings (SSSR count). The van der Waals surface area contributed by atoms with Crippen LogP contribution < -0.4 is 4.74 Å². The second-order valence-electron chi connectivity index (χ2n) is 9.38. The Balaban J connectivity index is 1.25. The second-order valence-corrected chi connectivity index (χ2v) is 9.38.